The zero-order valence-electron chi connectivity index (χ0n) is 10.4. The molecule has 5 heteroatoms. The van der Waals surface area contributed by atoms with Crippen molar-refractivity contribution in [1.29, 1.82) is 0 Å². The van der Waals surface area contributed by atoms with Crippen LogP contribution in [0.4, 0.5) is 5.69 Å². The average molecular weight is 245 g/mol. The molecule has 0 amide bonds. The van der Waals surface area contributed by atoms with Crippen molar-refractivity contribution in [3.63, 3.8) is 0 Å². The summed E-state index contributed by atoms with van der Waals surface area (Å²) in [5.74, 6) is -0.322. The second-order valence-corrected chi connectivity index (χ2v) is 3.90. The molecule has 0 aliphatic rings. The number of esters is 1. The van der Waals surface area contributed by atoms with Gasteiger partial charge < -0.3 is 15.0 Å². The monoisotopic (exact) mass is 245 g/mol. The van der Waals surface area contributed by atoms with E-state index in [4.69, 9.17) is 4.74 Å². The standard InChI is InChI=1S/C13H15N3O2/c1-9-11(13(17)18-2)4-3-5-12(9)15-7-10-6-14-8-16-10/h3-6,8,15H,7H2,1-2H3,(H,14,16). The summed E-state index contributed by atoms with van der Waals surface area (Å²) < 4.78 is 4.74. The fraction of sp³-hybridized carbons (Fsp3) is 0.231. The van der Waals surface area contributed by atoms with Gasteiger partial charge in [-0.1, -0.05) is 6.07 Å². The summed E-state index contributed by atoms with van der Waals surface area (Å²) in [5.41, 5.74) is 3.35. The van der Waals surface area contributed by atoms with Gasteiger partial charge in [0.15, 0.2) is 0 Å². The Morgan fingerprint density at radius 3 is 3.00 bits per heavy atom. The van der Waals surface area contributed by atoms with Gasteiger partial charge in [-0.05, 0) is 24.6 Å². The van der Waals surface area contributed by atoms with Crippen LogP contribution in [0.25, 0.3) is 0 Å². The van der Waals surface area contributed by atoms with Gasteiger partial charge >= 0.3 is 5.97 Å². The number of nitrogens with one attached hydrogen (secondary N) is 2. The fourth-order valence-corrected chi connectivity index (χ4v) is 1.73. The number of hydrogen-bond donors (Lipinski definition) is 2. The minimum absolute atomic E-state index is 0.322. The number of nitrogens with zero attached hydrogens (tertiary/aromatic N) is 1. The molecule has 0 aliphatic heterocycles. The largest absolute Gasteiger partial charge is 0.465 e. The van der Waals surface area contributed by atoms with Gasteiger partial charge in [0.1, 0.15) is 0 Å². The molecular formula is C13H15N3O2. The molecule has 0 atom stereocenters. The van der Waals surface area contributed by atoms with E-state index in [0.29, 0.717) is 12.1 Å². The van der Waals surface area contributed by atoms with E-state index >= 15 is 0 Å². The lowest BCUT2D eigenvalue weighted by atomic mass is 10.1. The zero-order chi connectivity index (χ0) is 13.0. The Bertz CT molecular complexity index is 535. The van der Waals surface area contributed by atoms with Crippen LogP contribution < -0.4 is 5.32 Å². The van der Waals surface area contributed by atoms with Crippen molar-refractivity contribution in [2.45, 2.75) is 13.5 Å². The molecular weight excluding hydrogens is 230 g/mol. The lowest BCUT2D eigenvalue weighted by molar-refractivity contribution is 0.0600. The molecule has 0 aliphatic carbocycles. The second-order valence-electron chi connectivity index (χ2n) is 3.90. The molecule has 0 unspecified atom stereocenters. The van der Waals surface area contributed by atoms with E-state index in [0.717, 1.165) is 16.9 Å². The Balaban J connectivity index is 2.16. The van der Waals surface area contributed by atoms with Crippen molar-refractivity contribution in [1.82, 2.24) is 9.97 Å². The van der Waals surface area contributed by atoms with E-state index in [9.17, 15) is 4.79 Å². The minimum Gasteiger partial charge on any atom is -0.465 e. The molecule has 0 fully saturated rings. The molecule has 5 nitrogen and oxygen atoms in total. The topological polar surface area (TPSA) is 67.0 Å². The van der Waals surface area contributed by atoms with Gasteiger partial charge in [-0.15, -0.1) is 0 Å². The SMILES string of the molecule is COC(=O)c1cccc(NCc2cnc[nH]2)c1C. The molecule has 2 rings (SSSR count). The van der Waals surface area contributed by atoms with E-state index in [2.05, 4.69) is 15.3 Å². The summed E-state index contributed by atoms with van der Waals surface area (Å²) in [6.45, 7) is 2.52. The van der Waals surface area contributed by atoms with Crippen molar-refractivity contribution in [2.75, 3.05) is 12.4 Å². The Labute approximate surface area is 105 Å². The third-order valence-corrected chi connectivity index (χ3v) is 2.76. The number of carbonyl (C=O) groups excluding carboxylic acids is 1. The highest BCUT2D eigenvalue weighted by atomic mass is 16.5. The number of methoxy groups -OCH3 is 1. The van der Waals surface area contributed by atoms with Gasteiger partial charge in [0.25, 0.3) is 0 Å². The molecule has 2 N–H and O–H groups in total. The van der Waals surface area contributed by atoms with Crippen LogP contribution >= 0.6 is 0 Å². The predicted molar refractivity (Wildman–Crippen MR) is 68.4 cm³/mol. The fourth-order valence-electron chi connectivity index (χ4n) is 1.73. The second kappa shape index (κ2) is 5.35. The van der Waals surface area contributed by atoms with Crippen LogP contribution in [-0.2, 0) is 11.3 Å². The Hall–Kier alpha value is -2.30. The minimum atomic E-state index is -0.322. The highest BCUT2D eigenvalue weighted by Gasteiger charge is 2.11. The average Bonchev–Trinajstić information content (AvgIpc) is 2.90. The molecule has 1 heterocycles. The first kappa shape index (κ1) is 12.2. The normalized spacial score (nSPS) is 10.1. The smallest absolute Gasteiger partial charge is 0.338 e. The number of H-pyrrole nitrogens is 1. The van der Waals surface area contributed by atoms with Crippen LogP contribution in [0.3, 0.4) is 0 Å². The zero-order valence-corrected chi connectivity index (χ0v) is 10.4. The number of ether oxygens (including phenoxy) is 1. The number of imidazole rings is 1. The van der Waals surface area contributed by atoms with Crippen LogP contribution in [-0.4, -0.2) is 23.0 Å². The summed E-state index contributed by atoms with van der Waals surface area (Å²) in [5, 5.41) is 3.26. The first-order valence-electron chi connectivity index (χ1n) is 5.61. The molecule has 0 bridgehead atoms. The number of anilines is 1. The summed E-state index contributed by atoms with van der Waals surface area (Å²) in [4.78, 5) is 18.5. The van der Waals surface area contributed by atoms with Crippen LogP contribution in [0.2, 0.25) is 0 Å². The molecule has 0 saturated carbocycles. The van der Waals surface area contributed by atoms with E-state index in [-0.39, 0.29) is 5.97 Å². The molecule has 1 aromatic carbocycles. The highest BCUT2D eigenvalue weighted by Crippen LogP contribution is 2.20. The van der Waals surface area contributed by atoms with E-state index in [1.165, 1.54) is 7.11 Å². The molecule has 0 saturated heterocycles. The summed E-state index contributed by atoms with van der Waals surface area (Å²) >= 11 is 0. The molecule has 94 valence electrons. The first-order valence-corrected chi connectivity index (χ1v) is 5.61. The van der Waals surface area contributed by atoms with Crippen LogP contribution in [0.5, 0.6) is 0 Å². The van der Waals surface area contributed by atoms with Crippen molar-refractivity contribution in [3.05, 3.63) is 47.5 Å². The van der Waals surface area contributed by atoms with E-state index in [1.54, 1.807) is 18.6 Å². The van der Waals surface area contributed by atoms with E-state index in [1.807, 2.05) is 19.1 Å². The third-order valence-electron chi connectivity index (χ3n) is 2.76. The molecule has 0 radical (unpaired) electrons. The Kier molecular flexibility index (Phi) is 3.62. The Morgan fingerprint density at radius 2 is 2.33 bits per heavy atom. The number of benzene rings is 1. The van der Waals surface area contributed by atoms with Crippen molar-refractivity contribution in [3.8, 4) is 0 Å². The van der Waals surface area contributed by atoms with Gasteiger partial charge in [0.2, 0.25) is 0 Å². The summed E-state index contributed by atoms with van der Waals surface area (Å²) in [7, 11) is 1.38. The van der Waals surface area contributed by atoms with Crippen molar-refractivity contribution >= 4 is 11.7 Å². The number of aromatic nitrogens is 2. The predicted octanol–water partition coefficient (Wildman–Crippen LogP) is 2.12. The summed E-state index contributed by atoms with van der Waals surface area (Å²) in [6, 6.07) is 5.51. The van der Waals surface area contributed by atoms with Gasteiger partial charge in [-0.3, -0.25) is 0 Å². The number of rotatable bonds is 4. The van der Waals surface area contributed by atoms with Gasteiger partial charge in [0.05, 0.1) is 31.2 Å². The maximum absolute atomic E-state index is 11.6. The molecule has 2 aromatic rings. The Morgan fingerprint density at radius 1 is 1.50 bits per heavy atom. The van der Waals surface area contributed by atoms with Crippen LogP contribution in [0.15, 0.2) is 30.7 Å². The van der Waals surface area contributed by atoms with Crippen LogP contribution in [0, 0.1) is 6.92 Å². The maximum atomic E-state index is 11.6. The first-order chi connectivity index (χ1) is 8.72. The quantitative estimate of drug-likeness (QED) is 0.810. The molecule has 0 spiro atoms. The number of hydrogen-bond acceptors (Lipinski definition) is 4. The maximum Gasteiger partial charge on any atom is 0.338 e. The van der Waals surface area contributed by atoms with E-state index < -0.39 is 0 Å². The summed E-state index contributed by atoms with van der Waals surface area (Å²) in [6.07, 6.45) is 3.39. The number of aromatic amines is 1. The van der Waals surface area contributed by atoms with Gasteiger partial charge in [-0.2, -0.15) is 0 Å². The van der Waals surface area contributed by atoms with Crippen molar-refractivity contribution in [2.24, 2.45) is 0 Å². The highest BCUT2D eigenvalue weighted by molar-refractivity contribution is 5.92. The van der Waals surface area contributed by atoms with Crippen molar-refractivity contribution < 1.29 is 9.53 Å². The lowest BCUT2D eigenvalue weighted by Crippen LogP contribution is -2.07. The van der Waals surface area contributed by atoms with Gasteiger partial charge in [0, 0.05) is 11.9 Å². The lowest BCUT2D eigenvalue weighted by Gasteiger charge is -2.11. The molecule has 18 heavy (non-hydrogen) atoms. The molecule has 1 aromatic heterocycles. The number of carbonyl (C=O) groups is 1. The van der Waals surface area contributed by atoms with Crippen LogP contribution in [0.1, 0.15) is 21.6 Å². The van der Waals surface area contributed by atoms with Gasteiger partial charge in [-0.25, -0.2) is 9.78 Å². The third kappa shape index (κ3) is 2.51.